The Balaban J connectivity index is 1.88. The van der Waals surface area contributed by atoms with Gasteiger partial charge in [-0.15, -0.1) is 0 Å². The van der Waals surface area contributed by atoms with Crippen molar-refractivity contribution in [3.63, 3.8) is 0 Å². The van der Waals surface area contributed by atoms with E-state index in [1.54, 1.807) is 0 Å². The summed E-state index contributed by atoms with van der Waals surface area (Å²) in [4.78, 5) is 0. The number of nitrogens with two attached hydrogens (primary N) is 1. The molecule has 0 spiro atoms. The lowest BCUT2D eigenvalue weighted by Gasteiger charge is -2.34. The third-order valence-electron chi connectivity index (χ3n) is 2.82. The Morgan fingerprint density at radius 2 is 1.87 bits per heavy atom. The zero-order valence-electron chi connectivity index (χ0n) is 9.07. The van der Waals surface area contributed by atoms with E-state index in [0.717, 1.165) is 12.8 Å². The molecule has 3 N–H and O–H groups in total. The number of rotatable bonds is 2. The normalized spacial score (nSPS) is 43.3. The van der Waals surface area contributed by atoms with Crippen LogP contribution in [0.25, 0.3) is 0 Å². The molecule has 1 saturated heterocycles. The second-order valence-corrected chi connectivity index (χ2v) is 6.58. The molecule has 1 aliphatic heterocycles. The van der Waals surface area contributed by atoms with Crippen LogP contribution in [0.3, 0.4) is 0 Å². The largest absolute Gasteiger partial charge is 0.405 e. The summed E-state index contributed by atoms with van der Waals surface area (Å²) in [6.07, 6.45) is 4.48. The van der Waals surface area contributed by atoms with Crippen molar-refractivity contribution in [3.8, 4) is 0 Å². The van der Waals surface area contributed by atoms with Gasteiger partial charge in [0, 0.05) is 6.04 Å². The van der Waals surface area contributed by atoms with Gasteiger partial charge in [-0.05, 0) is 19.8 Å². The van der Waals surface area contributed by atoms with Gasteiger partial charge >= 0.3 is 7.75 Å². The molecule has 2 rings (SSSR count). The van der Waals surface area contributed by atoms with Gasteiger partial charge in [0.1, 0.15) is 0 Å². The number of hydrogen-bond acceptors (Lipinski definition) is 4. The number of nitrogens with one attached hydrogen (secondary N) is 1. The summed E-state index contributed by atoms with van der Waals surface area (Å²) < 4.78 is 22.5. The van der Waals surface area contributed by atoms with E-state index >= 15 is 0 Å². The van der Waals surface area contributed by atoms with Crippen LogP contribution in [0.5, 0.6) is 0 Å². The maximum Gasteiger partial charge on any atom is 0.405 e. The molecular formula is C9H19N2O3P. The van der Waals surface area contributed by atoms with Gasteiger partial charge in [0.2, 0.25) is 0 Å². The second kappa shape index (κ2) is 4.15. The summed E-state index contributed by atoms with van der Waals surface area (Å²) in [7, 11) is -3.07. The Morgan fingerprint density at radius 1 is 1.33 bits per heavy atom. The molecule has 0 bridgehead atoms. The summed E-state index contributed by atoms with van der Waals surface area (Å²) in [6, 6.07) is 0.276. The van der Waals surface area contributed by atoms with Crippen molar-refractivity contribution >= 4 is 7.75 Å². The van der Waals surface area contributed by atoms with Crippen molar-refractivity contribution in [2.45, 2.75) is 44.2 Å². The first kappa shape index (κ1) is 11.6. The van der Waals surface area contributed by atoms with Crippen LogP contribution in [0.15, 0.2) is 0 Å². The highest BCUT2D eigenvalue weighted by molar-refractivity contribution is 7.51. The van der Waals surface area contributed by atoms with Gasteiger partial charge in [-0.25, -0.2) is 9.65 Å². The Bertz CT molecular complexity index is 263. The van der Waals surface area contributed by atoms with Gasteiger partial charge in [0.25, 0.3) is 0 Å². The smallest absolute Gasteiger partial charge is 0.321 e. The van der Waals surface area contributed by atoms with Gasteiger partial charge in [-0.2, -0.15) is 0 Å². The molecule has 1 heterocycles. The Kier molecular flexibility index (Phi) is 3.20. The van der Waals surface area contributed by atoms with Crippen LogP contribution in [0.1, 0.15) is 32.6 Å². The van der Waals surface area contributed by atoms with Crippen molar-refractivity contribution in [3.05, 3.63) is 0 Å². The molecule has 1 saturated carbocycles. The SMILES string of the molecule is CC1(N)COP(=O)(NC2CCCC2)OC1. The Labute approximate surface area is 90.3 Å². The van der Waals surface area contributed by atoms with Gasteiger partial charge in [0.15, 0.2) is 0 Å². The summed E-state index contributed by atoms with van der Waals surface area (Å²) in [6.45, 7) is 2.39. The van der Waals surface area contributed by atoms with Crippen molar-refractivity contribution < 1.29 is 13.6 Å². The van der Waals surface area contributed by atoms with E-state index in [0.29, 0.717) is 0 Å². The minimum absolute atomic E-state index is 0.276. The van der Waals surface area contributed by atoms with E-state index in [4.69, 9.17) is 14.8 Å². The third-order valence-corrected chi connectivity index (χ3v) is 4.44. The van der Waals surface area contributed by atoms with Crippen molar-refractivity contribution in [2.24, 2.45) is 5.73 Å². The van der Waals surface area contributed by atoms with E-state index < -0.39 is 13.3 Å². The molecule has 0 aromatic heterocycles. The van der Waals surface area contributed by atoms with Crippen LogP contribution >= 0.6 is 7.75 Å². The van der Waals surface area contributed by atoms with E-state index in [1.807, 2.05) is 6.92 Å². The summed E-state index contributed by atoms with van der Waals surface area (Å²) in [5, 5.41) is 2.99. The first-order valence-corrected chi connectivity index (χ1v) is 6.99. The quantitative estimate of drug-likeness (QED) is 0.706. The predicted octanol–water partition coefficient (Wildman–Crippen LogP) is 1.39. The minimum atomic E-state index is -3.07. The van der Waals surface area contributed by atoms with Crippen LogP contribution in [-0.2, 0) is 13.6 Å². The highest BCUT2D eigenvalue weighted by Gasteiger charge is 2.38. The molecule has 0 aromatic carbocycles. The third kappa shape index (κ3) is 3.02. The van der Waals surface area contributed by atoms with E-state index in [2.05, 4.69) is 5.09 Å². The van der Waals surface area contributed by atoms with E-state index in [1.165, 1.54) is 12.8 Å². The molecule has 5 nitrogen and oxygen atoms in total. The van der Waals surface area contributed by atoms with Gasteiger partial charge in [-0.3, -0.25) is 9.05 Å². The average molecular weight is 234 g/mol. The standard InChI is InChI=1S/C9H19N2O3P/c1-9(10)6-13-15(12,14-7-9)11-8-4-2-3-5-8/h8H,2-7,10H2,1H3,(H,11,12). The fraction of sp³-hybridized carbons (Fsp3) is 1.00. The summed E-state index contributed by atoms with van der Waals surface area (Å²) >= 11 is 0. The summed E-state index contributed by atoms with van der Waals surface area (Å²) in [5.74, 6) is 0. The molecule has 15 heavy (non-hydrogen) atoms. The molecule has 0 aromatic rings. The van der Waals surface area contributed by atoms with Crippen molar-refractivity contribution in [1.29, 1.82) is 0 Å². The molecule has 0 unspecified atom stereocenters. The van der Waals surface area contributed by atoms with E-state index in [9.17, 15) is 4.57 Å². The highest BCUT2D eigenvalue weighted by atomic mass is 31.2. The van der Waals surface area contributed by atoms with E-state index in [-0.39, 0.29) is 19.3 Å². The van der Waals surface area contributed by atoms with Crippen molar-refractivity contribution in [2.75, 3.05) is 13.2 Å². The Morgan fingerprint density at radius 3 is 2.40 bits per heavy atom. The topological polar surface area (TPSA) is 73.6 Å². The Hall–Kier alpha value is 0.0700. The maximum atomic E-state index is 12.1. The molecule has 1 aliphatic carbocycles. The van der Waals surface area contributed by atoms with Crippen LogP contribution in [-0.4, -0.2) is 24.8 Å². The van der Waals surface area contributed by atoms with Crippen LogP contribution in [0, 0.1) is 0 Å². The second-order valence-electron chi connectivity index (χ2n) is 4.81. The fourth-order valence-electron chi connectivity index (χ4n) is 1.90. The first-order valence-electron chi connectivity index (χ1n) is 5.45. The zero-order chi connectivity index (χ0) is 10.9. The molecule has 2 aliphatic rings. The van der Waals surface area contributed by atoms with Crippen molar-refractivity contribution in [1.82, 2.24) is 5.09 Å². The van der Waals surface area contributed by atoms with Gasteiger partial charge in [-0.1, -0.05) is 12.8 Å². The van der Waals surface area contributed by atoms with Gasteiger partial charge < -0.3 is 5.73 Å². The van der Waals surface area contributed by atoms with Crippen LogP contribution in [0.4, 0.5) is 0 Å². The monoisotopic (exact) mass is 234 g/mol. The van der Waals surface area contributed by atoms with Gasteiger partial charge in [0.05, 0.1) is 18.8 Å². The lowest BCUT2D eigenvalue weighted by atomic mass is 10.1. The predicted molar refractivity (Wildman–Crippen MR) is 57.5 cm³/mol. The molecule has 0 radical (unpaired) electrons. The average Bonchev–Trinajstić information content (AvgIpc) is 2.64. The highest BCUT2D eigenvalue weighted by Crippen LogP contribution is 2.49. The van der Waals surface area contributed by atoms with Crippen LogP contribution < -0.4 is 10.8 Å². The summed E-state index contributed by atoms with van der Waals surface area (Å²) in [5.41, 5.74) is 5.29. The lowest BCUT2D eigenvalue weighted by molar-refractivity contribution is 0.0741. The maximum absolute atomic E-state index is 12.1. The fourth-order valence-corrected chi connectivity index (χ4v) is 3.76. The van der Waals surface area contributed by atoms with Crippen LogP contribution in [0.2, 0.25) is 0 Å². The molecule has 2 fully saturated rings. The minimum Gasteiger partial charge on any atom is -0.321 e. The molecule has 0 amide bonds. The molecule has 6 heteroatoms. The number of hydrogen-bond donors (Lipinski definition) is 2. The lowest BCUT2D eigenvalue weighted by Crippen LogP contribution is -2.49. The molecule has 0 atom stereocenters. The first-order chi connectivity index (χ1) is 6.99. The molecule has 88 valence electrons. The zero-order valence-corrected chi connectivity index (χ0v) is 9.96. The molecular weight excluding hydrogens is 215 g/mol.